The number of benzene rings is 1. The van der Waals surface area contributed by atoms with Crippen molar-refractivity contribution < 1.29 is 4.42 Å². The van der Waals surface area contributed by atoms with Crippen molar-refractivity contribution in [3.8, 4) is 0 Å². The molecule has 2 aromatic heterocycles. The van der Waals surface area contributed by atoms with E-state index >= 15 is 0 Å². The molecule has 0 spiro atoms. The Morgan fingerprint density at radius 3 is 3.15 bits per heavy atom. The Labute approximate surface area is 120 Å². The fourth-order valence-electron chi connectivity index (χ4n) is 2.57. The summed E-state index contributed by atoms with van der Waals surface area (Å²) in [5.41, 5.74) is 2.37. The van der Waals surface area contributed by atoms with Gasteiger partial charge in [-0.3, -0.25) is 0 Å². The molecule has 5 heteroatoms. The lowest BCUT2D eigenvalue weighted by Gasteiger charge is -2.10. The van der Waals surface area contributed by atoms with E-state index in [0.717, 1.165) is 34.7 Å². The standard InChI is InChI=1S/C15H13N3OS/c1-2-10(19-6-1)8-16-15-14-11-5-7-20-13(11)4-3-12(14)17-9-18-15/h1-4,6,9H,5,7-8H2,(H,16,17,18). The number of nitrogens with one attached hydrogen (secondary N) is 1. The summed E-state index contributed by atoms with van der Waals surface area (Å²) in [4.78, 5) is 10.1. The fraction of sp³-hybridized carbons (Fsp3) is 0.200. The molecule has 1 N–H and O–H groups in total. The minimum Gasteiger partial charge on any atom is -0.467 e. The minimum absolute atomic E-state index is 0.635. The van der Waals surface area contributed by atoms with Crippen LogP contribution in [0.1, 0.15) is 11.3 Å². The summed E-state index contributed by atoms with van der Waals surface area (Å²) in [5.74, 6) is 2.94. The molecule has 0 radical (unpaired) electrons. The van der Waals surface area contributed by atoms with E-state index in [-0.39, 0.29) is 0 Å². The SMILES string of the molecule is c1coc(CNc2ncnc3ccc4c(c23)CCS4)c1. The van der Waals surface area contributed by atoms with E-state index in [0.29, 0.717) is 6.54 Å². The molecule has 0 saturated heterocycles. The van der Waals surface area contributed by atoms with Crippen LogP contribution in [-0.2, 0) is 13.0 Å². The Bertz CT molecular complexity index is 755. The van der Waals surface area contributed by atoms with Crippen molar-refractivity contribution in [2.75, 3.05) is 11.1 Å². The summed E-state index contributed by atoms with van der Waals surface area (Å²) >= 11 is 1.91. The molecule has 1 aliphatic heterocycles. The van der Waals surface area contributed by atoms with E-state index in [2.05, 4.69) is 27.4 Å². The van der Waals surface area contributed by atoms with Crippen LogP contribution in [0.3, 0.4) is 0 Å². The third kappa shape index (κ3) is 1.94. The van der Waals surface area contributed by atoms with Crippen molar-refractivity contribution in [1.29, 1.82) is 0 Å². The first-order valence-electron chi connectivity index (χ1n) is 6.57. The zero-order valence-corrected chi connectivity index (χ0v) is 11.6. The largest absolute Gasteiger partial charge is 0.467 e. The molecule has 0 saturated carbocycles. The lowest BCUT2D eigenvalue weighted by Crippen LogP contribution is -2.03. The van der Waals surface area contributed by atoms with Gasteiger partial charge < -0.3 is 9.73 Å². The third-order valence-corrected chi connectivity index (χ3v) is 4.59. The number of aryl methyl sites for hydroxylation is 1. The van der Waals surface area contributed by atoms with E-state index in [9.17, 15) is 0 Å². The average molecular weight is 283 g/mol. The molecule has 0 atom stereocenters. The molecule has 20 heavy (non-hydrogen) atoms. The molecule has 0 bridgehead atoms. The number of thioether (sulfide) groups is 1. The van der Waals surface area contributed by atoms with E-state index in [4.69, 9.17) is 4.42 Å². The molecular formula is C15H13N3OS. The monoisotopic (exact) mass is 283 g/mol. The predicted octanol–water partition coefficient (Wildman–Crippen LogP) is 3.48. The van der Waals surface area contributed by atoms with Gasteiger partial charge in [-0.25, -0.2) is 9.97 Å². The van der Waals surface area contributed by atoms with Crippen molar-refractivity contribution in [3.63, 3.8) is 0 Å². The van der Waals surface area contributed by atoms with Gasteiger partial charge in [-0.2, -0.15) is 0 Å². The lowest BCUT2D eigenvalue weighted by atomic mass is 10.1. The normalized spacial score (nSPS) is 13.6. The highest BCUT2D eigenvalue weighted by Gasteiger charge is 2.18. The van der Waals surface area contributed by atoms with Gasteiger partial charge >= 0.3 is 0 Å². The summed E-state index contributed by atoms with van der Waals surface area (Å²) in [7, 11) is 0. The van der Waals surface area contributed by atoms with Crippen LogP contribution >= 0.6 is 11.8 Å². The van der Waals surface area contributed by atoms with Crippen LogP contribution in [0, 0.1) is 0 Å². The summed E-state index contributed by atoms with van der Waals surface area (Å²) in [5, 5.41) is 4.52. The number of aromatic nitrogens is 2. The van der Waals surface area contributed by atoms with Crippen LogP contribution in [0.25, 0.3) is 10.9 Å². The highest BCUT2D eigenvalue weighted by Crippen LogP contribution is 2.37. The number of nitrogens with zero attached hydrogens (tertiary/aromatic N) is 2. The Kier molecular flexibility index (Phi) is 2.85. The molecular weight excluding hydrogens is 270 g/mol. The third-order valence-electron chi connectivity index (χ3n) is 3.49. The highest BCUT2D eigenvalue weighted by atomic mass is 32.2. The van der Waals surface area contributed by atoms with E-state index < -0.39 is 0 Å². The van der Waals surface area contributed by atoms with Crippen LogP contribution in [-0.4, -0.2) is 15.7 Å². The second-order valence-electron chi connectivity index (χ2n) is 4.69. The van der Waals surface area contributed by atoms with Gasteiger partial charge in [0.25, 0.3) is 0 Å². The molecule has 100 valence electrons. The molecule has 0 amide bonds. The first-order chi connectivity index (χ1) is 9.92. The van der Waals surface area contributed by atoms with Gasteiger partial charge in [0.1, 0.15) is 17.9 Å². The van der Waals surface area contributed by atoms with Gasteiger partial charge in [0.15, 0.2) is 0 Å². The summed E-state index contributed by atoms with van der Waals surface area (Å²) in [6.45, 7) is 0.635. The zero-order chi connectivity index (χ0) is 13.4. The second kappa shape index (κ2) is 4.83. The van der Waals surface area contributed by atoms with Crippen molar-refractivity contribution in [2.45, 2.75) is 17.9 Å². The number of hydrogen-bond donors (Lipinski definition) is 1. The van der Waals surface area contributed by atoms with Crippen molar-refractivity contribution >= 4 is 28.5 Å². The number of fused-ring (bicyclic) bond motifs is 3. The summed E-state index contributed by atoms with van der Waals surface area (Å²) in [6.07, 6.45) is 4.38. The topological polar surface area (TPSA) is 51.0 Å². The number of anilines is 1. The Morgan fingerprint density at radius 2 is 2.25 bits per heavy atom. The summed E-state index contributed by atoms with van der Waals surface area (Å²) in [6, 6.07) is 8.09. The molecule has 3 aromatic rings. The van der Waals surface area contributed by atoms with Gasteiger partial charge in [0, 0.05) is 16.0 Å². The van der Waals surface area contributed by atoms with Crippen LogP contribution in [0.5, 0.6) is 0 Å². The predicted molar refractivity (Wildman–Crippen MR) is 80.0 cm³/mol. The second-order valence-corrected chi connectivity index (χ2v) is 5.83. The average Bonchev–Trinajstić information content (AvgIpc) is 3.15. The smallest absolute Gasteiger partial charge is 0.137 e. The molecule has 0 aliphatic carbocycles. The molecule has 3 heterocycles. The van der Waals surface area contributed by atoms with Gasteiger partial charge in [-0.15, -0.1) is 11.8 Å². The van der Waals surface area contributed by atoms with Crippen LogP contribution in [0.4, 0.5) is 5.82 Å². The van der Waals surface area contributed by atoms with Crippen LogP contribution in [0.2, 0.25) is 0 Å². The maximum Gasteiger partial charge on any atom is 0.137 e. The van der Waals surface area contributed by atoms with Crippen LogP contribution < -0.4 is 5.32 Å². The number of hydrogen-bond acceptors (Lipinski definition) is 5. The molecule has 0 fully saturated rings. The van der Waals surface area contributed by atoms with Crippen molar-refractivity contribution in [3.05, 3.63) is 48.2 Å². The van der Waals surface area contributed by atoms with Crippen molar-refractivity contribution in [2.24, 2.45) is 0 Å². The quantitative estimate of drug-likeness (QED) is 0.797. The van der Waals surface area contributed by atoms with Gasteiger partial charge in [-0.1, -0.05) is 0 Å². The molecule has 4 rings (SSSR count). The van der Waals surface area contributed by atoms with Gasteiger partial charge in [0.2, 0.25) is 0 Å². The minimum atomic E-state index is 0.635. The molecule has 4 nitrogen and oxygen atoms in total. The highest BCUT2D eigenvalue weighted by molar-refractivity contribution is 7.99. The Balaban J connectivity index is 1.77. The van der Waals surface area contributed by atoms with Crippen molar-refractivity contribution in [1.82, 2.24) is 9.97 Å². The lowest BCUT2D eigenvalue weighted by molar-refractivity contribution is 0.518. The van der Waals surface area contributed by atoms with Crippen LogP contribution in [0.15, 0.2) is 46.2 Å². The number of rotatable bonds is 3. The van der Waals surface area contributed by atoms with E-state index in [1.54, 1.807) is 12.6 Å². The molecule has 0 unspecified atom stereocenters. The Hall–Kier alpha value is -2.01. The maximum atomic E-state index is 5.35. The van der Waals surface area contributed by atoms with Gasteiger partial charge in [-0.05, 0) is 36.2 Å². The van der Waals surface area contributed by atoms with Gasteiger partial charge in [0.05, 0.1) is 18.3 Å². The van der Waals surface area contributed by atoms with E-state index in [1.165, 1.54) is 10.5 Å². The Morgan fingerprint density at radius 1 is 1.25 bits per heavy atom. The maximum absolute atomic E-state index is 5.35. The fourth-order valence-corrected chi connectivity index (χ4v) is 3.63. The first-order valence-corrected chi connectivity index (χ1v) is 7.56. The molecule has 1 aromatic carbocycles. The molecule has 1 aliphatic rings. The number of furan rings is 1. The summed E-state index contributed by atoms with van der Waals surface area (Å²) < 4.78 is 5.35. The zero-order valence-electron chi connectivity index (χ0n) is 10.8. The first kappa shape index (κ1) is 11.8. The van der Waals surface area contributed by atoms with E-state index in [1.807, 2.05) is 23.9 Å².